The van der Waals surface area contributed by atoms with Gasteiger partial charge in [0.1, 0.15) is 0 Å². The van der Waals surface area contributed by atoms with E-state index >= 15 is 0 Å². The maximum Gasteiger partial charge on any atom is 0.254 e. The minimum absolute atomic E-state index is 0.626. The van der Waals surface area contributed by atoms with Gasteiger partial charge >= 0.3 is 0 Å². The topological polar surface area (TPSA) is 62.5 Å². The van der Waals surface area contributed by atoms with Crippen molar-refractivity contribution in [3.63, 3.8) is 0 Å². The molecule has 1 fully saturated rings. The first-order valence-electron chi connectivity index (χ1n) is 10.0. The predicted octanol–water partition coefficient (Wildman–Crippen LogP) is 2.55. The van der Waals surface area contributed by atoms with Gasteiger partial charge in [0.2, 0.25) is 5.95 Å². The van der Waals surface area contributed by atoms with E-state index in [1.165, 1.54) is 5.56 Å². The molecular weight excluding hydrogens is 362 g/mol. The van der Waals surface area contributed by atoms with Gasteiger partial charge in [-0.05, 0) is 30.2 Å². The van der Waals surface area contributed by atoms with Crippen molar-refractivity contribution in [2.24, 2.45) is 0 Å². The van der Waals surface area contributed by atoms with E-state index in [2.05, 4.69) is 55.1 Å². The summed E-state index contributed by atoms with van der Waals surface area (Å²) in [5, 5.41) is 4.76. The minimum Gasteiger partial charge on any atom is -0.337 e. The summed E-state index contributed by atoms with van der Waals surface area (Å²) in [6, 6.07) is 16.6. The van der Waals surface area contributed by atoms with Crippen LogP contribution in [0.4, 0.5) is 5.95 Å². The van der Waals surface area contributed by atoms with E-state index in [0.717, 1.165) is 56.4 Å². The molecule has 3 aromatic heterocycles. The molecule has 0 amide bonds. The second kappa shape index (κ2) is 7.97. The van der Waals surface area contributed by atoms with Gasteiger partial charge in [0.15, 0.2) is 0 Å². The van der Waals surface area contributed by atoms with Gasteiger partial charge in [0, 0.05) is 56.9 Å². The van der Waals surface area contributed by atoms with E-state index < -0.39 is 0 Å². The van der Waals surface area contributed by atoms with Crippen molar-refractivity contribution in [3.8, 4) is 11.3 Å². The molecule has 4 aromatic rings. The van der Waals surface area contributed by atoms with E-state index in [0.29, 0.717) is 5.78 Å². The molecule has 29 heavy (non-hydrogen) atoms. The van der Waals surface area contributed by atoms with Crippen molar-refractivity contribution < 1.29 is 0 Å². The zero-order valence-electron chi connectivity index (χ0n) is 16.2. The first kappa shape index (κ1) is 17.8. The lowest BCUT2D eigenvalue weighted by Gasteiger charge is -2.34. The van der Waals surface area contributed by atoms with Gasteiger partial charge in [0.25, 0.3) is 5.78 Å². The minimum atomic E-state index is 0.626. The summed E-state index contributed by atoms with van der Waals surface area (Å²) in [6.45, 7) is 4.98. The van der Waals surface area contributed by atoms with Gasteiger partial charge in [-0.3, -0.25) is 9.88 Å². The summed E-state index contributed by atoms with van der Waals surface area (Å²) in [7, 11) is 0. The first-order chi connectivity index (χ1) is 14.4. The molecule has 4 heterocycles. The van der Waals surface area contributed by atoms with Gasteiger partial charge in [-0.1, -0.05) is 30.3 Å². The number of nitrogens with zero attached hydrogens (tertiary/aromatic N) is 7. The first-order valence-corrected chi connectivity index (χ1v) is 10.0. The van der Waals surface area contributed by atoms with Crippen LogP contribution < -0.4 is 4.90 Å². The van der Waals surface area contributed by atoms with Gasteiger partial charge in [-0.25, -0.2) is 4.98 Å². The fraction of sp³-hybridized carbons (Fsp3) is 0.273. The molecule has 1 aliphatic heterocycles. The number of piperazine rings is 1. The molecule has 146 valence electrons. The second-order valence-electron chi connectivity index (χ2n) is 7.25. The molecule has 0 saturated carbocycles. The molecule has 0 atom stereocenters. The molecule has 0 bridgehead atoms. The molecule has 0 aliphatic carbocycles. The Bertz CT molecular complexity index is 1070. The van der Waals surface area contributed by atoms with Gasteiger partial charge in [-0.2, -0.15) is 9.50 Å². The lowest BCUT2D eigenvalue weighted by atomic mass is 10.1. The van der Waals surface area contributed by atoms with E-state index in [1.54, 1.807) is 18.6 Å². The number of rotatable bonds is 5. The summed E-state index contributed by atoms with van der Waals surface area (Å²) in [5.41, 5.74) is 3.42. The number of anilines is 1. The van der Waals surface area contributed by atoms with Crippen LogP contribution in [0.3, 0.4) is 0 Å². The zero-order valence-corrected chi connectivity index (χ0v) is 16.2. The Balaban J connectivity index is 1.27. The highest BCUT2D eigenvalue weighted by molar-refractivity contribution is 5.61. The van der Waals surface area contributed by atoms with Gasteiger partial charge < -0.3 is 4.90 Å². The Morgan fingerprint density at radius 3 is 2.41 bits per heavy atom. The Hall–Kier alpha value is -3.32. The van der Waals surface area contributed by atoms with Crippen LogP contribution >= 0.6 is 0 Å². The van der Waals surface area contributed by atoms with E-state index in [9.17, 15) is 0 Å². The number of fused-ring (bicyclic) bond motifs is 1. The SMILES string of the molecule is c1ccc(CCN2CCN(c3nc4nccc(-c5ccncc5)n4n3)CC2)cc1. The summed E-state index contributed by atoms with van der Waals surface area (Å²) >= 11 is 0. The van der Waals surface area contributed by atoms with Crippen LogP contribution in [0.25, 0.3) is 17.0 Å². The summed E-state index contributed by atoms with van der Waals surface area (Å²) in [4.78, 5) is 17.9. The van der Waals surface area contributed by atoms with E-state index in [4.69, 9.17) is 5.10 Å². The Kier molecular flexibility index (Phi) is 4.88. The van der Waals surface area contributed by atoms with Gasteiger partial charge in [-0.15, -0.1) is 5.10 Å². The van der Waals surface area contributed by atoms with Crippen molar-refractivity contribution in [1.82, 2.24) is 29.5 Å². The van der Waals surface area contributed by atoms with Crippen LogP contribution in [0.2, 0.25) is 0 Å². The normalized spacial score (nSPS) is 15.1. The highest BCUT2D eigenvalue weighted by atomic mass is 15.4. The maximum atomic E-state index is 4.76. The average molecular weight is 385 g/mol. The quantitative estimate of drug-likeness (QED) is 0.526. The standard InChI is InChI=1S/C22H23N7/c1-2-4-18(5-3-1)9-13-27-14-16-28(17-15-27)22-25-21-24-12-8-20(29(21)26-22)19-6-10-23-11-7-19/h1-8,10-12H,9,13-17H2. The molecular formula is C22H23N7. The molecule has 1 aromatic carbocycles. The lowest BCUT2D eigenvalue weighted by Crippen LogP contribution is -2.47. The molecule has 1 saturated heterocycles. The fourth-order valence-corrected chi connectivity index (χ4v) is 3.76. The second-order valence-corrected chi connectivity index (χ2v) is 7.25. The Morgan fingerprint density at radius 1 is 0.828 bits per heavy atom. The Labute approximate surface area is 169 Å². The molecule has 7 nitrogen and oxygen atoms in total. The smallest absolute Gasteiger partial charge is 0.254 e. The highest BCUT2D eigenvalue weighted by Crippen LogP contribution is 2.20. The molecule has 7 heteroatoms. The number of aromatic nitrogens is 5. The number of pyridine rings is 1. The molecule has 0 radical (unpaired) electrons. The predicted molar refractivity (Wildman–Crippen MR) is 113 cm³/mol. The van der Waals surface area contributed by atoms with Crippen molar-refractivity contribution in [2.75, 3.05) is 37.6 Å². The van der Waals surface area contributed by atoms with Crippen molar-refractivity contribution >= 4 is 11.7 Å². The van der Waals surface area contributed by atoms with Crippen LogP contribution in [0.1, 0.15) is 5.56 Å². The average Bonchev–Trinajstić information content (AvgIpc) is 3.24. The number of benzene rings is 1. The third-order valence-corrected chi connectivity index (χ3v) is 5.42. The third kappa shape index (κ3) is 3.82. The monoisotopic (exact) mass is 385 g/mol. The lowest BCUT2D eigenvalue weighted by molar-refractivity contribution is 0.260. The summed E-state index contributed by atoms with van der Waals surface area (Å²) in [5.74, 6) is 1.38. The molecule has 0 spiro atoms. The van der Waals surface area contributed by atoms with Crippen LogP contribution in [0, 0.1) is 0 Å². The molecule has 5 rings (SSSR count). The van der Waals surface area contributed by atoms with Crippen LogP contribution in [0.15, 0.2) is 67.1 Å². The largest absolute Gasteiger partial charge is 0.337 e. The highest BCUT2D eigenvalue weighted by Gasteiger charge is 2.21. The zero-order chi connectivity index (χ0) is 19.5. The number of hydrogen-bond acceptors (Lipinski definition) is 6. The Morgan fingerprint density at radius 2 is 1.62 bits per heavy atom. The van der Waals surface area contributed by atoms with Crippen LogP contribution in [-0.2, 0) is 6.42 Å². The molecule has 0 unspecified atom stereocenters. The van der Waals surface area contributed by atoms with Gasteiger partial charge in [0.05, 0.1) is 5.69 Å². The maximum absolute atomic E-state index is 4.76. The molecule has 1 aliphatic rings. The summed E-state index contributed by atoms with van der Waals surface area (Å²) < 4.78 is 1.83. The van der Waals surface area contributed by atoms with Crippen molar-refractivity contribution in [2.45, 2.75) is 6.42 Å². The van der Waals surface area contributed by atoms with E-state index in [1.807, 2.05) is 22.7 Å². The molecule has 0 N–H and O–H groups in total. The summed E-state index contributed by atoms with van der Waals surface area (Å²) in [6.07, 6.45) is 6.44. The number of hydrogen-bond donors (Lipinski definition) is 0. The van der Waals surface area contributed by atoms with Crippen molar-refractivity contribution in [3.05, 3.63) is 72.7 Å². The fourth-order valence-electron chi connectivity index (χ4n) is 3.76. The van der Waals surface area contributed by atoms with E-state index in [-0.39, 0.29) is 0 Å². The van der Waals surface area contributed by atoms with Crippen LogP contribution in [0.5, 0.6) is 0 Å². The van der Waals surface area contributed by atoms with Crippen molar-refractivity contribution in [1.29, 1.82) is 0 Å². The third-order valence-electron chi connectivity index (χ3n) is 5.42. The van der Waals surface area contributed by atoms with Crippen LogP contribution in [-0.4, -0.2) is 62.2 Å².